The second-order valence-corrected chi connectivity index (χ2v) is 8.30. The molecule has 0 saturated carbocycles. The van der Waals surface area contributed by atoms with Crippen LogP contribution in [0.25, 0.3) is 0 Å². The molecule has 0 saturated heterocycles. The highest BCUT2D eigenvalue weighted by Crippen LogP contribution is 2.17. The summed E-state index contributed by atoms with van der Waals surface area (Å²) in [6.45, 7) is 3.25. The van der Waals surface area contributed by atoms with Gasteiger partial charge >= 0.3 is 0 Å². The summed E-state index contributed by atoms with van der Waals surface area (Å²) in [7, 11) is 3.69. The highest BCUT2D eigenvalue weighted by Gasteiger charge is 2.07. The van der Waals surface area contributed by atoms with Gasteiger partial charge in [0.2, 0.25) is 11.8 Å². The number of anilines is 1. The van der Waals surface area contributed by atoms with Crippen molar-refractivity contribution in [3.63, 3.8) is 0 Å². The number of ether oxygens (including phenoxy) is 1. The van der Waals surface area contributed by atoms with E-state index in [-0.39, 0.29) is 18.2 Å². The minimum atomic E-state index is -0.0780. The van der Waals surface area contributed by atoms with E-state index in [9.17, 15) is 9.59 Å². The Morgan fingerprint density at radius 1 is 0.879 bits per heavy atom. The Bertz CT molecular complexity index is 1100. The van der Waals surface area contributed by atoms with E-state index < -0.39 is 0 Å². The lowest BCUT2D eigenvalue weighted by atomic mass is 10.1. The smallest absolute Gasteiger partial charge is 0.238 e. The van der Waals surface area contributed by atoms with Gasteiger partial charge in [0, 0.05) is 12.2 Å². The maximum atomic E-state index is 12.5. The lowest BCUT2D eigenvalue weighted by Crippen LogP contribution is -2.27. The highest BCUT2D eigenvalue weighted by atomic mass is 16.5. The summed E-state index contributed by atoms with van der Waals surface area (Å²) in [6.07, 6.45) is 0.265. The molecule has 0 aliphatic rings. The molecule has 33 heavy (non-hydrogen) atoms. The predicted molar refractivity (Wildman–Crippen MR) is 131 cm³/mol. The number of nitrogens with zero attached hydrogens (tertiary/aromatic N) is 1. The number of aryl methyl sites for hydroxylation is 1. The molecule has 0 heterocycles. The van der Waals surface area contributed by atoms with Gasteiger partial charge in [-0.3, -0.25) is 9.59 Å². The molecule has 6 heteroatoms. The summed E-state index contributed by atoms with van der Waals surface area (Å²) in [6, 6.07) is 23.2. The van der Waals surface area contributed by atoms with Crippen molar-refractivity contribution in [1.29, 1.82) is 0 Å². The van der Waals surface area contributed by atoms with Gasteiger partial charge in [0.05, 0.1) is 13.0 Å². The molecular weight excluding hydrogens is 414 g/mol. The molecule has 0 aromatic heterocycles. The molecule has 6 nitrogen and oxygen atoms in total. The zero-order valence-electron chi connectivity index (χ0n) is 19.4. The summed E-state index contributed by atoms with van der Waals surface area (Å²) in [5.74, 6) is 0.587. The Kier molecular flexibility index (Phi) is 8.61. The first kappa shape index (κ1) is 24.0. The normalized spacial score (nSPS) is 10.7. The topological polar surface area (TPSA) is 70.7 Å². The van der Waals surface area contributed by atoms with Crippen LogP contribution >= 0.6 is 0 Å². The van der Waals surface area contributed by atoms with Gasteiger partial charge in [-0.05, 0) is 67.5 Å². The molecule has 0 spiro atoms. The number of carbonyl (C=O) groups is 2. The van der Waals surface area contributed by atoms with Crippen molar-refractivity contribution in [2.24, 2.45) is 0 Å². The fraction of sp³-hybridized carbons (Fsp3) is 0.259. The van der Waals surface area contributed by atoms with Crippen LogP contribution in [-0.4, -0.2) is 37.4 Å². The van der Waals surface area contributed by atoms with Crippen molar-refractivity contribution in [1.82, 2.24) is 10.2 Å². The van der Waals surface area contributed by atoms with Crippen molar-refractivity contribution in [3.8, 4) is 5.75 Å². The summed E-state index contributed by atoms with van der Waals surface area (Å²) in [4.78, 5) is 26.2. The van der Waals surface area contributed by atoms with Crippen molar-refractivity contribution in [2.45, 2.75) is 26.5 Å². The third-order valence-electron chi connectivity index (χ3n) is 5.08. The first-order chi connectivity index (χ1) is 15.9. The van der Waals surface area contributed by atoms with Crippen LogP contribution in [0, 0.1) is 6.92 Å². The van der Waals surface area contributed by atoms with E-state index in [2.05, 4.69) is 29.7 Å². The third kappa shape index (κ3) is 8.09. The number of likely N-dealkylation sites (N-methyl/N-ethyl adjacent to an activating group) is 1. The molecule has 0 aliphatic carbocycles. The SMILES string of the molecule is Cc1ccccc1COc1cccc(CC(=O)NCc2cccc(NC(=O)CN(C)C)c2)c1. The second-order valence-electron chi connectivity index (χ2n) is 8.30. The number of hydrogen-bond donors (Lipinski definition) is 2. The van der Waals surface area contributed by atoms with E-state index in [0.717, 1.165) is 22.4 Å². The van der Waals surface area contributed by atoms with E-state index in [4.69, 9.17) is 4.74 Å². The fourth-order valence-corrected chi connectivity index (χ4v) is 3.37. The average molecular weight is 446 g/mol. The van der Waals surface area contributed by atoms with Crippen LogP contribution in [0.2, 0.25) is 0 Å². The van der Waals surface area contributed by atoms with Gasteiger partial charge in [-0.15, -0.1) is 0 Å². The minimum Gasteiger partial charge on any atom is -0.489 e. The first-order valence-corrected chi connectivity index (χ1v) is 11.0. The lowest BCUT2D eigenvalue weighted by Gasteiger charge is -2.12. The van der Waals surface area contributed by atoms with Crippen molar-refractivity contribution in [2.75, 3.05) is 26.0 Å². The molecule has 0 fully saturated rings. The van der Waals surface area contributed by atoms with Crippen molar-refractivity contribution < 1.29 is 14.3 Å². The van der Waals surface area contributed by atoms with E-state index in [1.54, 1.807) is 0 Å². The first-order valence-electron chi connectivity index (χ1n) is 11.0. The monoisotopic (exact) mass is 445 g/mol. The Balaban J connectivity index is 1.50. The highest BCUT2D eigenvalue weighted by molar-refractivity contribution is 5.92. The van der Waals surface area contributed by atoms with Crippen LogP contribution in [-0.2, 0) is 29.2 Å². The maximum absolute atomic E-state index is 12.5. The van der Waals surface area contributed by atoms with E-state index >= 15 is 0 Å². The zero-order chi connectivity index (χ0) is 23.6. The fourth-order valence-electron chi connectivity index (χ4n) is 3.37. The molecular formula is C27H31N3O3. The summed E-state index contributed by atoms with van der Waals surface area (Å²) in [5, 5.41) is 5.81. The largest absolute Gasteiger partial charge is 0.489 e. The van der Waals surface area contributed by atoms with Crippen LogP contribution in [0.3, 0.4) is 0 Å². The Morgan fingerprint density at radius 3 is 2.42 bits per heavy atom. The molecule has 172 valence electrons. The molecule has 0 radical (unpaired) electrons. The minimum absolute atomic E-state index is 0.0758. The van der Waals surface area contributed by atoms with E-state index in [1.165, 1.54) is 5.56 Å². The molecule has 0 bridgehead atoms. The second kappa shape index (κ2) is 11.8. The van der Waals surface area contributed by atoms with Gasteiger partial charge in [-0.25, -0.2) is 0 Å². The van der Waals surface area contributed by atoms with E-state index in [0.29, 0.717) is 25.4 Å². The summed E-state index contributed by atoms with van der Waals surface area (Å²) >= 11 is 0. The van der Waals surface area contributed by atoms with Crippen LogP contribution in [0.15, 0.2) is 72.8 Å². The van der Waals surface area contributed by atoms with Gasteiger partial charge in [-0.1, -0.05) is 48.5 Å². The van der Waals surface area contributed by atoms with Crippen molar-refractivity contribution >= 4 is 17.5 Å². The van der Waals surface area contributed by atoms with Crippen LogP contribution in [0.5, 0.6) is 5.75 Å². The predicted octanol–water partition coefficient (Wildman–Crippen LogP) is 3.93. The Labute approximate surface area is 195 Å². The van der Waals surface area contributed by atoms with Gasteiger partial charge in [0.15, 0.2) is 0 Å². The summed E-state index contributed by atoms with van der Waals surface area (Å²) < 4.78 is 5.92. The Hall–Kier alpha value is -3.64. The van der Waals surface area contributed by atoms with Crippen molar-refractivity contribution in [3.05, 3.63) is 95.1 Å². The average Bonchev–Trinajstić information content (AvgIpc) is 2.77. The van der Waals surface area contributed by atoms with Gasteiger partial charge in [0.25, 0.3) is 0 Å². The number of nitrogens with one attached hydrogen (secondary N) is 2. The van der Waals surface area contributed by atoms with Crippen LogP contribution < -0.4 is 15.4 Å². The van der Waals surface area contributed by atoms with E-state index in [1.807, 2.05) is 79.7 Å². The van der Waals surface area contributed by atoms with Gasteiger partial charge < -0.3 is 20.3 Å². The van der Waals surface area contributed by atoms with Gasteiger partial charge in [-0.2, -0.15) is 0 Å². The number of rotatable bonds is 10. The third-order valence-corrected chi connectivity index (χ3v) is 5.08. The molecule has 2 amide bonds. The molecule has 3 rings (SSSR count). The Morgan fingerprint density at radius 2 is 1.64 bits per heavy atom. The molecule has 0 atom stereocenters. The van der Waals surface area contributed by atoms with Gasteiger partial charge in [0.1, 0.15) is 12.4 Å². The summed E-state index contributed by atoms with van der Waals surface area (Å²) in [5.41, 5.74) is 4.85. The zero-order valence-corrected chi connectivity index (χ0v) is 19.4. The molecule has 0 aliphatic heterocycles. The molecule has 2 N–H and O–H groups in total. The van der Waals surface area contributed by atoms with Crippen LogP contribution in [0.4, 0.5) is 5.69 Å². The number of benzene rings is 3. The number of carbonyl (C=O) groups excluding carboxylic acids is 2. The lowest BCUT2D eigenvalue weighted by molar-refractivity contribution is -0.120. The standard InChI is InChI=1S/C27H31N3O3/c1-20-8-4-5-11-23(20)19-33-25-13-7-9-21(15-25)16-26(31)28-17-22-10-6-12-24(14-22)29-27(32)18-30(2)3/h4-15H,16-19H2,1-3H3,(H,28,31)(H,29,32). The van der Waals surface area contributed by atoms with Crippen LogP contribution in [0.1, 0.15) is 22.3 Å². The molecule has 3 aromatic carbocycles. The molecule has 0 unspecified atom stereocenters. The maximum Gasteiger partial charge on any atom is 0.238 e. The molecule has 3 aromatic rings. The quantitative estimate of drug-likeness (QED) is 0.496. The number of hydrogen-bond acceptors (Lipinski definition) is 4. The number of amides is 2.